The molecular weight excluding hydrogens is 156 g/mol. The van der Waals surface area contributed by atoms with Crippen LogP contribution in [0, 0.1) is 0 Å². The Labute approximate surface area is 70.3 Å². The molecule has 0 saturated carbocycles. The predicted molar refractivity (Wildman–Crippen MR) is 44.3 cm³/mol. The van der Waals surface area contributed by atoms with Gasteiger partial charge in [-0.3, -0.25) is 0 Å². The van der Waals surface area contributed by atoms with Crippen molar-refractivity contribution in [2.75, 3.05) is 7.11 Å². The van der Waals surface area contributed by atoms with Crippen molar-refractivity contribution in [3.8, 4) is 0 Å². The highest BCUT2D eigenvalue weighted by molar-refractivity contribution is 5.89. The van der Waals surface area contributed by atoms with Crippen molar-refractivity contribution in [1.29, 1.82) is 0 Å². The van der Waals surface area contributed by atoms with Gasteiger partial charge in [0.05, 0.1) is 7.11 Å². The standard InChI is InChI=1S/C8H10N2O2/c1-6(5-7(11)12-2)8-9-3-4-10-8/h3-5H,1-2H3,(H,9,10)/b6-5-. The molecule has 0 radical (unpaired) electrons. The van der Waals surface area contributed by atoms with Crippen LogP contribution in [0.25, 0.3) is 5.57 Å². The number of allylic oxidation sites excluding steroid dienone is 1. The van der Waals surface area contributed by atoms with Crippen LogP contribution in [0.5, 0.6) is 0 Å². The lowest BCUT2D eigenvalue weighted by molar-refractivity contribution is -0.134. The summed E-state index contributed by atoms with van der Waals surface area (Å²) in [5, 5.41) is 0. The Bertz CT molecular complexity index is 288. The molecule has 0 fully saturated rings. The van der Waals surface area contributed by atoms with Crippen molar-refractivity contribution in [1.82, 2.24) is 9.97 Å². The van der Waals surface area contributed by atoms with E-state index in [-0.39, 0.29) is 5.97 Å². The van der Waals surface area contributed by atoms with E-state index in [4.69, 9.17) is 0 Å². The number of ether oxygens (including phenoxy) is 1. The first kappa shape index (κ1) is 8.52. The largest absolute Gasteiger partial charge is 0.466 e. The molecule has 1 N–H and O–H groups in total. The molecule has 0 amide bonds. The van der Waals surface area contributed by atoms with Crippen molar-refractivity contribution in [2.24, 2.45) is 0 Å². The first-order valence-corrected chi connectivity index (χ1v) is 3.50. The summed E-state index contributed by atoms with van der Waals surface area (Å²) >= 11 is 0. The van der Waals surface area contributed by atoms with Crippen molar-refractivity contribution in [3.63, 3.8) is 0 Å². The van der Waals surface area contributed by atoms with Crippen LogP contribution in [-0.2, 0) is 9.53 Å². The number of carbonyl (C=O) groups excluding carboxylic acids is 1. The van der Waals surface area contributed by atoms with Gasteiger partial charge in [-0.25, -0.2) is 9.78 Å². The topological polar surface area (TPSA) is 55.0 Å². The van der Waals surface area contributed by atoms with E-state index in [2.05, 4.69) is 14.7 Å². The van der Waals surface area contributed by atoms with E-state index in [0.717, 1.165) is 5.57 Å². The number of methoxy groups -OCH3 is 1. The molecule has 1 aromatic heterocycles. The highest BCUT2D eigenvalue weighted by Crippen LogP contribution is 2.06. The van der Waals surface area contributed by atoms with Gasteiger partial charge in [0.25, 0.3) is 0 Å². The Morgan fingerprint density at radius 3 is 3.00 bits per heavy atom. The number of aromatic nitrogens is 2. The molecule has 12 heavy (non-hydrogen) atoms. The molecule has 0 aromatic carbocycles. The molecule has 0 atom stereocenters. The first-order chi connectivity index (χ1) is 5.74. The molecule has 64 valence electrons. The third-order valence-corrected chi connectivity index (χ3v) is 1.41. The van der Waals surface area contributed by atoms with Crippen LogP contribution in [0.2, 0.25) is 0 Å². The Morgan fingerprint density at radius 1 is 1.75 bits per heavy atom. The average Bonchev–Trinajstić information content (AvgIpc) is 2.56. The zero-order valence-corrected chi connectivity index (χ0v) is 7.00. The summed E-state index contributed by atoms with van der Waals surface area (Å²) < 4.78 is 4.46. The van der Waals surface area contributed by atoms with E-state index >= 15 is 0 Å². The molecular formula is C8H10N2O2. The quantitative estimate of drug-likeness (QED) is 0.526. The third-order valence-electron chi connectivity index (χ3n) is 1.41. The van der Waals surface area contributed by atoms with Crippen LogP contribution >= 0.6 is 0 Å². The molecule has 0 aliphatic rings. The van der Waals surface area contributed by atoms with E-state index in [1.54, 1.807) is 19.3 Å². The van der Waals surface area contributed by atoms with Gasteiger partial charge in [0.2, 0.25) is 0 Å². The van der Waals surface area contributed by atoms with Crippen LogP contribution in [0.3, 0.4) is 0 Å². The van der Waals surface area contributed by atoms with Gasteiger partial charge in [-0.05, 0) is 12.5 Å². The molecule has 4 heteroatoms. The van der Waals surface area contributed by atoms with Gasteiger partial charge >= 0.3 is 5.97 Å². The summed E-state index contributed by atoms with van der Waals surface area (Å²) in [5.74, 6) is 0.310. The van der Waals surface area contributed by atoms with Gasteiger partial charge in [-0.15, -0.1) is 0 Å². The monoisotopic (exact) mass is 166 g/mol. The summed E-state index contributed by atoms with van der Waals surface area (Å²) in [7, 11) is 1.34. The van der Waals surface area contributed by atoms with E-state index in [1.165, 1.54) is 13.2 Å². The van der Waals surface area contributed by atoms with E-state index in [1.807, 2.05) is 0 Å². The lowest BCUT2D eigenvalue weighted by Crippen LogP contribution is -1.96. The number of H-pyrrole nitrogens is 1. The Hall–Kier alpha value is -1.58. The average molecular weight is 166 g/mol. The number of nitrogens with zero attached hydrogens (tertiary/aromatic N) is 1. The molecule has 1 heterocycles. The zero-order valence-electron chi connectivity index (χ0n) is 7.00. The minimum absolute atomic E-state index is 0.371. The van der Waals surface area contributed by atoms with E-state index in [0.29, 0.717) is 5.82 Å². The fourth-order valence-corrected chi connectivity index (χ4v) is 0.785. The molecule has 0 saturated heterocycles. The molecule has 1 aromatic rings. The number of esters is 1. The summed E-state index contributed by atoms with van der Waals surface area (Å²) in [6, 6.07) is 0. The van der Waals surface area contributed by atoms with Gasteiger partial charge in [0, 0.05) is 18.5 Å². The van der Waals surface area contributed by atoms with Gasteiger partial charge in [-0.1, -0.05) is 0 Å². The zero-order chi connectivity index (χ0) is 8.97. The maximum atomic E-state index is 10.8. The minimum Gasteiger partial charge on any atom is -0.466 e. The van der Waals surface area contributed by atoms with Crippen molar-refractivity contribution in [3.05, 3.63) is 24.3 Å². The van der Waals surface area contributed by atoms with Crippen LogP contribution in [0.15, 0.2) is 18.5 Å². The van der Waals surface area contributed by atoms with E-state index < -0.39 is 0 Å². The number of nitrogens with one attached hydrogen (secondary N) is 1. The molecule has 0 bridgehead atoms. The summed E-state index contributed by atoms with van der Waals surface area (Å²) in [6.45, 7) is 1.79. The second kappa shape index (κ2) is 3.71. The predicted octanol–water partition coefficient (Wildman–Crippen LogP) is 0.986. The van der Waals surface area contributed by atoms with Crippen LogP contribution < -0.4 is 0 Å². The molecule has 0 unspecified atom stereocenters. The highest BCUT2D eigenvalue weighted by atomic mass is 16.5. The highest BCUT2D eigenvalue weighted by Gasteiger charge is 2.00. The number of hydrogen-bond acceptors (Lipinski definition) is 3. The summed E-state index contributed by atoms with van der Waals surface area (Å²) in [4.78, 5) is 17.6. The molecule has 1 rings (SSSR count). The van der Waals surface area contributed by atoms with Crippen LogP contribution in [0.1, 0.15) is 12.7 Å². The maximum Gasteiger partial charge on any atom is 0.330 e. The normalized spacial score (nSPS) is 11.3. The fraction of sp³-hybridized carbons (Fsp3) is 0.250. The Morgan fingerprint density at radius 2 is 2.50 bits per heavy atom. The Balaban J connectivity index is 2.77. The van der Waals surface area contributed by atoms with Crippen LogP contribution in [0.4, 0.5) is 0 Å². The first-order valence-electron chi connectivity index (χ1n) is 3.50. The van der Waals surface area contributed by atoms with Crippen molar-refractivity contribution < 1.29 is 9.53 Å². The number of aromatic amines is 1. The van der Waals surface area contributed by atoms with Crippen molar-refractivity contribution >= 4 is 11.5 Å². The Kier molecular flexibility index (Phi) is 2.63. The third kappa shape index (κ3) is 1.95. The van der Waals surface area contributed by atoms with E-state index in [9.17, 15) is 4.79 Å². The summed E-state index contributed by atoms with van der Waals surface area (Å²) in [6.07, 6.45) is 4.72. The molecule has 4 nitrogen and oxygen atoms in total. The molecule has 0 spiro atoms. The SMILES string of the molecule is COC(=O)/C=C(/C)c1ncc[nH]1. The smallest absolute Gasteiger partial charge is 0.330 e. The second-order valence-electron chi connectivity index (χ2n) is 2.29. The second-order valence-corrected chi connectivity index (χ2v) is 2.29. The van der Waals surface area contributed by atoms with Gasteiger partial charge in [0.1, 0.15) is 5.82 Å². The van der Waals surface area contributed by atoms with Gasteiger partial charge < -0.3 is 9.72 Å². The molecule has 0 aliphatic carbocycles. The minimum atomic E-state index is -0.371. The number of rotatable bonds is 2. The van der Waals surface area contributed by atoms with Gasteiger partial charge in [0.15, 0.2) is 0 Å². The van der Waals surface area contributed by atoms with Crippen LogP contribution in [-0.4, -0.2) is 23.0 Å². The maximum absolute atomic E-state index is 10.8. The molecule has 0 aliphatic heterocycles. The number of carbonyl (C=O) groups is 1. The number of imidazole rings is 1. The summed E-state index contributed by atoms with van der Waals surface area (Å²) in [5.41, 5.74) is 0.756. The fourth-order valence-electron chi connectivity index (χ4n) is 0.785. The number of hydrogen-bond donors (Lipinski definition) is 1. The lowest BCUT2D eigenvalue weighted by atomic mass is 10.3. The lowest BCUT2D eigenvalue weighted by Gasteiger charge is -1.94. The van der Waals surface area contributed by atoms with Gasteiger partial charge in [-0.2, -0.15) is 0 Å². The van der Waals surface area contributed by atoms with Crippen molar-refractivity contribution in [2.45, 2.75) is 6.92 Å².